The fourth-order valence-electron chi connectivity index (χ4n) is 2.55. The molecule has 1 aliphatic heterocycles. The van der Waals surface area contributed by atoms with Crippen LogP contribution in [-0.4, -0.2) is 27.6 Å². The Morgan fingerprint density at radius 3 is 3.10 bits per heavy atom. The molecule has 2 atom stereocenters. The molecule has 1 amide bonds. The summed E-state index contributed by atoms with van der Waals surface area (Å²) in [5.74, 6) is 0.584. The highest BCUT2D eigenvalue weighted by molar-refractivity contribution is 5.86. The van der Waals surface area contributed by atoms with Crippen LogP contribution in [-0.2, 0) is 4.79 Å². The van der Waals surface area contributed by atoms with Gasteiger partial charge in [-0.1, -0.05) is 18.2 Å². The normalized spacial score (nSPS) is 18.8. The van der Waals surface area contributed by atoms with Crippen molar-refractivity contribution in [3.05, 3.63) is 42.0 Å². The number of carbonyl (C=O) groups excluding carboxylic acids is 1. The Balaban J connectivity index is 1.75. The standard InChI is InChI=1S/C14H17N5O/c1-9(13-16-8-17-19-13)18-14(20)11-6-7-15-12-5-3-2-4-10(11)12/h2-5,8-9,11,15H,6-7H2,1H3,(H,18,20)(H,16,17,19). The molecule has 1 aliphatic rings. The fraction of sp³-hybridized carbons (Fsp3) is 0.357. The highest BCUT2D eigenvalue weighted by atomic mass is 16.2. The summed E-state index contributed by atoms with van der Waals surface area (Å²) in [4.78, 5) is 16.5. The number of H-pyrrole nitrogens is 1. The van der Waals surface area contributed by atoms with Crippen LogP contribution < -0.4 is 10.6 Å². The Morgan fingerprint density at radius 1 is 1.45 bits per heavy atom. The van der Waals surface area contributed by atoms with Crippen molar-refractivity contribution in [2.45, 2.75) is 25.3 Å². The molecular weight excluding hydrogens is 254 g/mol. The number of nitrogens with one attached hydrogen (secondary N) is 3. The van der Waals surface area contributed by atoms with Gasteiger partial charge in [0, 0.05) is 12.2 Å². The molecule has 0 radical (unpaired) electrons. The second-order valence-corrected chi connectivity index (χ2v) is 4.96. The van der Waals surface area contributed by atoms with Gasteiger partial charge in [-0.2, -0.15) is 5.10 Å². The Labute approximate surface area is 117 Å². The van der Waals surface area contributed by atoms with Crippen LogP contribution in [0.15, 0.2) is 30.6 Å². The van der Waals surface area contributed by atoms with Crippen LogP contribution in [0.2, 0.25) is 0 Å². The molecule has 0 spiro atoms. The predicted octanol–water partition coefficient (Wildman–Crippen LogP) is 1.58. The van der Waals surface area contributed by atoms with Crippen LogP contribution in [0.25, 0.3) is 0 Å². The molecule has 6 nitrogen and oxygen atoms in total. The highest BCUT2D eigenvalue weighted by Gasteiger charge is 2.27. The van der Waals surface area contributed by atoms with Crippen LogP contribution in [0.4, 0.5) is 5.69 Å². The molecule has 0 saturated carbocycles. The van der Waals surface area contributed by atoms with Crippen LogP contribution in [0.3, 0.4) is 0 Å². The second kappa shape index (κ2) is 5.32. The van der Waals surface area contributed by atoms with E-state index in [1.165, 1.54) is 6.33 Å². The minimum atomic E-state index is -0.174. The highest BCUT2D eigenvalue weighted by Crippen LogP contribution is 2.31. The predicted molar refractivity (Wildman–Crippen MR) is 75.2 cm³/mol. The van der Waals surface area contributed by atoms with Gasteiger partial charge in [0.2, 0.25) is 5.91 Å². The summed E-state index contributed by atoms with van der Waals surface area (Å²) in [6, 6.07) is 7.78. The minimum absolute atomic E-state index is 0.0304. The summed E-state index contributed by atoms with van der Waals surface area (Å²) in [7, 11) is 0. The molecule has 6 heteroatoms. The maximum atomic E-state index is 12.5. The minimum Gasteiger partial charge on any atom is -0.385 e. The molecule has 2 aromatic rings. The van der Waals surface area contributed by atoms with Crippen molar-refractivity contribution < 1.29 is 4.79 Å². The van der Waals surface area contributed by atoms with Gasteiger partial charge in [0.25, 0.3) is 0 Å². The van der Waals surface area contributed by atoms with Crippen molar-refractivity contribution in [1.29, 1.82) is 0 Å². The molecule has 0 fully saturated rings. The number of para-hydroxylation sites is 1. The number of fused-ring (bicyclic) bond motifs is 1. The zero-order chi connectivity index (χ0) is 13.9. The number of amides is 1. The van der Waals surface area contributed by atoms with Crippen molar-refractivity contribution in [2.75, 3.05) is 11.9 Å². The molecule has 2 unspecified atom stereocenters. The summed E-state index contributed by atoms with van der Waals surface area (Å²) >= 11 is 0. The number of hydrogen-bond donors (Lipinski definition) is 3. The number of aromatic amines is 1. The third kappa shape index (κ3) is 2.36. The van der Waals surface area contributed by atoms with Gasteiger partial charge in [0.05, 0.1) is 12.0 Å². The Hall–Kier alpha value is -2.37. The van der Waals surface area contributed by atoms with Crippen LogP contribution in [0.1, 0.15) is 36.7 Å². The summed E-state index contributed by atoms with van der Waals surface area (Å²) in [5.41, 5.74) is 2.10. The molecule has 104 valence electrons. The van der Waals surface area contributed by atoms with E-state index in [4.69, 9.17) is 0 Å². The van der Waals surface area contributed by atoms with Gasteiger partial charge in [0.1, 0.15) is 12.2 Å². The van der Waals surface area contributed by atoms with E-state index in [9.17, 15) is 4.79 Å². The van der Waals surface area contributed by atoms with Gasteiger partial charge in [-0.3, -0.25) is 9.89 Å². The second-order valence-electron chi connectivity index (χ2n) is 4.96. The number of anilines is 1. The molecule has 0 aliphatic carbocycles. The van der Waals surface area contributed by atoms with Gasteiger partial charge in [-0.15, -0.1) is 0 Å². The van der Waals surface area contributed by atoms with Crippen molar-refractivity contribution in [3.8, 4) is 0 Å². The lowest BCUT2D eigenvalue weighted by atomic mass is 9.90. The molecule has 3 rings (SSSR count). The third-order valence-corrected chi connectivity index (χ3v) is 3.60. The van der Waals surface area contributed by atoms with Gasteiger partial charge in [0.15, 0.2) is 0 Å². The number of carbonyl (C=O) groups is 1. The Morgan fingerprint density at radius 2 is 2.30 bits per heavy atom. The van der Waals surface area contributed by atoms with Crippen molar-refractivity contribution in [3.63, 3.8) is 0 Å². The smallest absolute Gasteiger partial charge is 0.228 e. The molecular formula is C14H17N5O. The summed E-state index contributed by atoms with van der Waals surface area (Å²) in [6.45, 7) is 2.71. The van der Waals surface area contributed by atoms with E-state index in [2.05, 4.69) is 25.8 Å². The molecule has 2 heterocycles. The first-order chi connectivity index (χ1) is 9.75. The van der Waals surface area contributed by atoms with Gasteiger partial charge >= 0.3 is 0 Å². The molecule has 0 saturated heterocycles. The first kappa shape index (κ1) is 12.7. The van der Waals surface area contributed by atoms with E-state index >= 15 is 0 Å². The first-order valence-electron chi connectivity index (χ1n) is 6.74. The number of benzene rings is 1. The first-order valence-corrected chi connectivity index (χ1v) is 6.74. The topological polar surface area (TPSA) is 82.7 Å². The van der Waals surface area contributed by atoms with Crippen LogP contribution >= 0.6 is 0 Å². The maximum Gasteiger partial charge on any atom is 0.228 e. The van der Waals surface area contributed by atoms with E-state index in [0.29, 0.717) is 5.82 Å². The van der Waals surface area contributed by atoms with Crippen molar-refractivity contribution in [1.82, 2.24) is 20.5 Å². The van der Waals surface area contributed by atoms with Gasteiger partial charge < -0.3 is 10.6 Å². The van der Waals surface area contributed by atoms with Crippen molar-refractivity contribution >= 4 is 11.6 Å². The van der Waals surface area contributed by atoms with Gasteiger partial charge in [-0.05, 0) is 25.0 Å². The quantitative estimate of drug-likeness (QED) is 0.791. The van der Waals surface area contributed by atoms with E-state index in [0.717, 1.165) is 24.2 Å². The number of nitrogens with zero attached hydrogens (tertiary/aromatic N) is 2. The maximum absolute atomic E-state index is 12.5. The Kier molecular flexibility index (Phi) is 3.37. The molecule has 20 heavy (non-hydrogen) atoms. The number of aromatic nitrogens is 3. The molecule has 3 N–H and O–H groups in total. The van der Waals surface area contributed by atoms with E-state index in [-0.39, 0.29) is 17.9 Å². The fourth-order valence-corrected chi connectivity index (χ4v) is 2.55. The average Bonchev–Trinajstić information content (AvgIpc) is 3.01. The van der Waals surface area contributed by atoms with E-state index in [1.807, 2.05) is 31.2 Å². The lowest BCUT2D eigenvalue weighted by Crippen LogP contribution is -2.35. The van der Waals surface area contributed by atoms with Crippen LogP contribution in [0.5, 0.6) is 0 Å². The lowest BCUT2D eigenvalue weighted by molar-refractivity contribution is -0.123. The van der Waals surface area contributed by atoms with Crippen molar-refractivity contribution in [2.24, 2.45) is 0 Å². The zero-order valence-electron chi connectivity index (χ0n) is 11.3. The zero-order valence-corrected chi connectivity index (χ0v) is 11.3. The monoisotopic (exact) mass is 271 g/mol. The summed E-state index contributed by atoms with van der Waals surface area (Å²) in [5, 5.41) is 12.9. The van der Waals surface area contributed by atoms with Gasteiger partial charge in [-0.25, -0.2) is 4.98 Å². The summed E-state index contributed by atoms with van der Waals surface area (Å²) < 4.78 is 0. The number of hydrogen-bond acceptors (Lipinski definition) is 4. The Bertz CT molecular complexity index is 595. The van der Waals surface area contributed by atoms with E-state index in [1.54, 1.807) is 0 Å². The van der Waals surface area contributed by atoms with Crippen LogP contribution in [0, 0.1) is 0 Å². The molecule has 0 bridgehead atoms. The molecule has 1 aromatic carbocycles. The molecule has 1 aromatic heterocycles. The SMILES string of the molecule is CC(NC(=O)C1CCNc2ccccc21)c1ncn[nH]1. The lowest BCUT2D eigenvalue weighted by Gasteiger charge is -2.26. The van der Waals surface area contributed by atoms with E-state index < -0.39 is 0 Å². The third-order valence-electron chi connectivity index (χ3n) is 3.60. The number of rotatable bonds is 3. The largest absolute Gasteiger partial charge is 0.385 e. The average molecular weight is 271 g/mol. The summed E-state index contributed by atoms with van der Waals surface area (Å²) in [6.07, 6.45) is 2.24.